The van der Waals surface area contributed by atoms with E-state index in [1.54, 1.807) is 0 Å². The van der Waals surface area contributed by atoms with E-state index in [4.69, 9.17) is 5.11 Å². The Hall–Kier alpha value is -1.45. The van der Waals surface area contributed by atoms with E-state index in [1.807, 2.05) is 0 Å². The van der Waals surface area contributed by atoms with Crippen LogP contribution in [0.4, 0.5) is 8.78 Å². The first-order chi connectivity index (χ1) is 5.65. The molecule has 12 heavy (non-hydrogen) atoms. The van der Waals surface area contributed by atoms with E-state index in [0.29, 0.717) is 12.4 Å². The third kappa shape index (κ3) is 1.58. The predicted octanol–water partition coefficient (Wildman–Crippen LogP) is 1.41. The first kappa shape index (κ1) is 8.64. The topological polar surface area (TPSA) is 37.3 Å². The van der Waals surface area contributed by atoms with Gasteiger partial charge >= 0.3 is 0 Å². The van der Waals surface area contributed by atoms with Crippen LogP contribution in [0.3, 0.4) is 0 Å². The zero-order valence-electron chi connectivity index (χ0n) is 6.05. The lowest BCUT2D eigenvalue weighted by molar-refractivity contribution is -0.107. The van der Waals surface area contributed by atoms with Crippen molar-refractivity contribution in [1.29, 1.82) is 0 Å². The molecule has 1 rings (SSSR count). The molecule has 0 fully saturated rings. The van der Waals surface area contributed by atoms with Crippen LogP contribution in [-0.4, -0.2) is 11.4 Å². The van der Waals surface area contributed by atoms with Gasteiger partial charge in [0.25, 0.3) is 0 Å². The summed E-state index contributed by atoms with van der Waals surface area (Å²) >= 11 is 0. The Balaban J connectivity index is 3.13. The molecule has 1 aromatic carbocycles. The zero-order valence-corrected chi connectivity index (χ0v) is 6.05. The van der Waals surface area contributed by atoms with Crippen molar-refractivity contribution in [3.8, 4) is 5.75 Å². The van der Waals surface area contributed by atoms with Crippen LogP contribution in [-0.2, 0) is 11.2 Å². The van der Waals surface area contributed by atoms with Crippen molar-refractivity contribution in [3.63, 3.8) is 0 Å². The van der Waals surface area contributed by atoms with E-state index >= 15 is 0 Å². The summed E-state index contributed by atoms with van der Waals surface area (Å²) < 4.78 is 24.9. The fourth-order valence-corrected chi connectivity index (χ4v) is 0.831. The second-order valence-electron chi connectivity index (χ2n) is 2.27. The number of hydrogen-bond donors (Lipinski definition) is 1. The minimum atomic E-state index is -1.12. The SMILES string of the molecule is O=CCc1cc(F)c(F)cc1O. The summed E-state index contributed by atoms with van der Waals surface area (Å²) in [5.74, 6) is -2.59. The molecule has 0 atom stereocenters. The summed E-state index contributed by atoms with van der Waals surface area (Å²) in [7, 11) is 0. The van der Waals surface area contributed by atoms with Gasteiger partial charge in [-0.2, -0.15) is 0 Å². The highest BCUT2D eigenvalue weighted by Gasteiger charge is 2.07. The van der Waals surface area contributed by atoms with Crippen molar-refractivity contribution in [2.24, 2.45) is 0 Å². The molecule has 0 heterocycles. The maximum atomic E-state index is 12.5. The first-order valence-corrected chi connectivity index (χ1v) is 3.25. The van der Waals surface area contributed by atoms with Crippen LogP contribution in [0.1, 0.15) is 5.56 Å². The maximum absolute atomic E-state index is 12.5. The highest BCUT2D eigenvalue weighted by molar-refractivity contribution is 5.57. The third-order valence-electron chi connectivity index (χ3n) is 1.42. The van der Waals surface area contributed by atoms with Gasteiger partial charge in [-0.25, -0.2) is 8.78 Å². The summed E-state index contributed by atoms with van der Waals surface area (Å²) in [5.41, 5.74) is 0.0869. The maximum Gasteiger partial charge on any atom is 0.162 e. The van der Waals surface area contributed by atoms with Crippen molar-refractivity contribution < 1.29 is 18.7 Å². The van der Waals surface area contributed by atoms with Crippen LogP contribution in [0.25, 0.3) is 0 Å². The molecule has 0 saturated heterocycles. The van der Waals surface area contributed by atoms with E-state index in [9.17, 15) is 13.6 Å². The van der Waals surface area contributed by atoms with Gasteiger partial charge in [0.2, 0.25) is 0 Å². The number of aromatic hydroxyl groups is 1. The second-order valence-corrected chi connectivity index (χ2v) is 2.27. The van der Waals surface area contributed by atoms with Crippen LogP contribution in [0, 0.1) is 11.6 Å². The van der Waals surface area contributed by atoms with Crippen molar-refractivity contribution >= 4 is 6.29 Å². The van der Waals surface area contributed by atoms with Crippen LogP contribution in [0.2, 0.25) is 0 Å². The lowest BCUT2D eigenvalue weighted by atomic mass is 10.1. The minimum Gasteiger partial charge on any atom is -0.508 e. The van der Waals surface area contributed by atoms with Gasteiger partial charge in [-0.05, 0) is 6.07 Å². The molecule has 0 radical (unpaired) electrons. The molecule has 0 aliphatic heterocycles. The molecule has 0 spiro atoms. The number of aldehydes is 1. The molecule has 2 nitrogen and oxygen atoms in total. The summed E-state index contributed by atoms with van der Waals surface area (Å²) in [4.78, 5) is 10.00. The number of benzene rings is 1. The van der Waals surface area contributed by atoms with Crippen molar-refractivity contribution in [2.45, 2.75) is 6.42 Å². The molecule has 4 heteroatoms. The van der Waals surface area contributed by atoms with Crippen LogP contribution >= 0.6 is 0 Å². The molecule has 0 amide bonds. The highest BCUT2D eigenvalue weighted by Crippen LogP contribution is 2.20. The summed E-state index contributed by atoms with van der Waals surface area (Å²) in [6.07, 6.45) is 0.384. The largest absolute Gasteiger partial charge is 0.508 e. The predicted molar refractivity (Wildman–Crippen MR) is 37.8 cm³/mol. The van der Waals surface area contributed by atoms with Gasteiger partial charge in [0, 0.05) is 18.1 Å². The van der Waals surface area contributed by atoms with E-state index in [-0.39, 0.29) is 12.0 Å². The van der Waals surface area contributed by atoms with Crippen LogP contribution in [0.15, 0.2) is 12.1 Å². The van der Waals surface area contributed by atoms with Crippen molar-refractivity contribution in [3.05, 3.63) is 29.3 Å². The van der Waals surface area contributed by atoms with Crippen LogP contribution < -0.4 is 0 Å². The Morgan fingerprint density at radius 1 is 1.33 bits per heavy atom. The monoisotopic (exact) mass is 172 g/mol. The lowest BCUT2D eigenvalue weighted by Crippen LogP contribution is -1.91. The third-order valence-corrected chi connectivity index (χ3v) is 1.42. The highest BCUT2D eigenvalue weighted by atomic mass is 19.2. The summed E-state index contributed by atoms with van der Waals surface area (Å²) in [6.45, 7) is 0. The first-order valence-electron chi connectivity index (χ1n) is 3.25. The zero-order chi connectivity index (χ0) is 9.14. The average molecular weight is 172 g/mol. The fourth-order valence-electron chi connectivity index (χ4n) is 0.831. The van der Waals surface area contributed by atoms with Gasteiger partial charge in [-0.1, -0.05) is 0 Å². The van der Waals surface area contributed by atoms with Gasteiger partial charge in [0.1, 0.15) is 12.0 Å². The molecule has 0 unspecified atom stereocenters. The minimum absolute atomic E-state index is 0.0869. The molecule has 0 bridgehead atoms. The molecule has 0 aromatic heterocycles. The number of carbonyl (C=O) groups is 1. The molecule has 1 aromatic rings. The van der Waals surface area contributed by atoms with Gasteiger partial charge in [0.05, 0.1) is 0 Å². The fraction of sp³-hybridized carbons (Fsp3) is 0.125. The number of phenolic OH excluding ortho intramolecular Hbond substituents is 1. The van der Waals surface area contributed by atoms with E-state index in [1.165, 1.54) is 0 Å². The lowest BCUT2D eigenvalue weighted by Gasteiger charge is -2.00. The number of hydrogen-bond acceptors (Lipinski definition) is 2. The van der Waals surface area contributed by atoms with Crippen LogP contribution in [0.5, 0.6) is 5.75 Å². The van der Waals surface area contributed by atoms with Gasteiger partial charge in [-0.3, -0.25) is 0 Å². The van der Waals surface area contributed by atoms with Gasteiger partial charge in [0.15, 0.2) is 11.6 Å². The second kappa shape index (κ2) is 3.30. The number of halogens is 2. The van der Waals surface area contributed by atoms with Crippen molar-refractivity contribution in [1.82, 2.24) is 0 Å². The Bertz CT molecular complexity index is 310. The normalized spacial score (nSPS) is 9.83. The van der Waals surface area contributed by atoms with Gasteiger partial charge < -0.3 is 9.90 Å². The summed E-state index contributed by atoms with van der Waals surface area (Å²) in [6, 6.07) is 1.45. The van der Waals surface area contributed by atoms with E-state index in [2.05, 4.69) is 0 Å². The molecule has 0 aliphatic rings. The van der Waals surface area contributed by atoms with Gasteiger partial charge in [-0.15, -0.1) is 0 Å². The molecule has 0 saturated carbocycles. The number of rotatable bonds is 2. The Labute approximate surface area is 67.4 Å². The molecule has 1 N–H and O–H groups in total. The average Bonchev–Trinajstić information content (AvgIpc) is 2.01. The Morgan fingerprint density at radius 3 is 2.50 bits per heavy atom. The molecular weight excluding hydrogens is 166 g/mol. The molecular formula is C8H6F2O2. The number of phenols is 1. The Kier molecular flexibility index (Phi) is 2.38. The summed E-state index contributed by atoms with van der Waals surface area (Å²) in [5, 5.41) is 8.98. The Morgan fingerprint density at radius 2 is 1.92 bits per heavy atom. The number of carbonyl (C=O) groups excluding carboxylic acids is 1. The standard InChI is InChI=1S/C8H6F2O2/c9-6-3-5(1-2-11)8(12)4-7(6)10/h2-4,12H,1H2. The van der Waals surface area contributed by atoms with E-state index in [0.717, 1.165) is 6.07 Å². The molecule has 64 valence electrons. The smallest absolute Gasteiger partial charge is 0.162 e. The van der Waals surface area contributed by atoms with E-state index < -0.39 is 17.4 Å². The molecule has 0 aliphatic carbocycles. The quantitative estimate of drug-likeness (QED) is 0.685. The van der Waals surface area contributed by atoms with Crippen molar-refractivity contribution in [2.75, 3.05) is 0 Å².